The first-order valence-electron chi connectivity index (χ1n) is 6.77. The number of nitrogens with two attached hydrogens (primary N) is 1. The predicted molar refractivity (Wildman–Crippen MR) is 70.8 cm³/mol. The van der Waals surface area contributed by atoms with E-state index in [4.69, 9.17) is 5.73 Å². The molecule has 1 fully saturated rings. The summed E-state index contributed by atoms with van der Waals surface area (Å²) in [6.07, 6.45) is 2.74. The summed E-state index contributed by atoms with van der Waals surface area (Å²) in [7, 11) is 2.11. The minimum atomic E-state index is -0.330. The monoisotopic (exact) mass is 241 g/mol. The van der Waals surface area contributed by atoms with Gasteiger partial charge >= 0.3 is 0 Å². The van der Waals surface area contributed by atoms with Crippen LogP contribution >= 0.6 is 0 Å². The molecule has 0 aliphatic carbocycles. The van der Waals surface area contributed by atoms with Crippen LogP contribution in [-0.4, -0.2) is 55.5 Å². The van der Waals surface area contributed by atoms with Gasteiger partial charge in [0.2, 0.25) is 5.91 Å². The molecule has 0 atom stereocenters. The van der Waals surface area contributed by atoms with Crippen LogP contribution in [0.5, 0.6) is 0 Å². The van der Waals surface area contributed by atoms with Crippen LogP contribution < -0.4 is 5.73 Å². The zero-order valence-electron chi connectivity index (χ0n) is 11.5. The fourth-order valence-corrected chi connectivity index (χ4v) is 2.51. The van der Waals surface area contributed by atoms with E-state index in [0.29, 0.717) is 6.54 Å². The zero-order chi connectivity index (χ0) is 12.9. The molecular formula is C13H27N3O. The summed E-state index contributed by atoms with van der Waals surface area (Å²) in [5.41, 5.74) is 5.51. The number of hydrogen-bond donors (Lipinski definition) is 1. The van der Waals surface area contributed by atoms with Crippen LogP contribution in [-0.2, 0) is 4.79 Å². The summed E-state index contributed by atoms with van der Waals surface area (Å²) < 4.78 is 0. The van der Waals surface area contributed by atoms with Gasteiger partial charge in [-0.25, -0.2) is 0 Å². The lowest BCUT2D eigenvalue weighted by Gasteiger charge is -2.34. The Bertz CT molecular complexity index is 243. The molecule has 0 saturated carbocycles. The molecule has 0 spiro atoms. The Hall–Kier alpha value is -0.610. The Labute approximate surface area is 105 Å². The largest absolute Gasteiger partial charge is 0.341 e. The van der Waals surface area contributed by atoms with E-state index in [1.54, 1.807) is 0 Å². The van der Waals surface area contributed by atoms with Gasteiger partial charge in [-0.05, 0) is 32.9 Å². The van der Waals surface area contributed by atoms with Crippen LogP contribution in [0.1, 0.15) is 33.1 Å². The third-order valence-corrected chi connectivity index (χ3v) is 4.20. The van der Waals surface area contributed by atoms with Crippen molar-refractivity contribution in [2.75, 3.05) is 39.8 Å². The highest BCUT2D eigenvalue weighted by atomic mass is 16.2. The van der Waals surface area contributed by atoms with Gasteiger partial charge in [0.05, 0.1) is 5.41 Å². The Morgan fingerprint density at radius 3 is 2.35 bits per heavy atom. The van der Waals surface area contributed by atoms with Gasteiger partial charge in [-0.3, -0.25) is 4.79 Å². The van der Waals surface area contributed by atoms with Crippen molar-refractivity contribution < 1.29 is 4.79 Å². The van der Waals surface area contributed by atoms with Gasteiger partial charge in [-0.1, -0.05) is 13.8 Å². The van der Waals surface area contributed by atoms with Gasteiger partial charge in [-0.2, -0.15) is 0 Å². The first-order chi connectivity index (χ1) is 8.09. The van der Waals surface area contributed by atoms with Gasteiger partial charge in [0.15, 0.2) is 0 Å². The van der Waals surface area contributed by atoms with E-state index in [9.17, 15) is 4.79 Å². The summed E-state index contributed by atoms with van der Waals surface area (Å²) in [5, 5.41) is 0. The highest BCUT2D eigenvalue weighted by Crippen LogP contribution is 2.28. The zero-order valence-corrected chi connectivity index (χ0v) is 11.5. The number of nitrogens with zero attached hydrogens (tertiary/aromatic N) is 2. The summed E-state index contributed by atoms with van der Waals surface area (Å²) in [6.45, 7) is 8.38. The molecule has 1 rings (SSSR count). The molecule has 1 heterocycles. The van der Waals surface area contributed by atoms with Crippen molar-refractivity contribution in [3.05, 3.63) is 0 Å². The maximum Gasteiger partial charge on any atom is 0.230 e. The van der Waals surface area contributed by atoms with Crippen molar-refractivity contribution in [2.45, 2.75) is 33.1 Å². The van der Waals surface area contributed by atoms with Gasteiger partial charge in [-0.15, -0.1) is 0 Å². The van der Waals surface area contributed by atoms with Crippen molar-refractivity contribution in [3.8, 4) is 0 Å². The number of likely N-dealkylation sites (N-methyl/N-ethyl adjacent to an activating group) is 1. The molecule has 100 valence electrons. The van der Waals surface area contributed by atoms with E-state index < -0.39 is 0 Å². The SMILES string of the molecule is CCC(CC)(CN)C(=O)N1CCCN(C)CC1. The summed E-state index contributed by atoms with van der Waals surface area (Å²) in [5.74, 6) is 0.264. The number of carbonyl (C=O) groups excluding carboxylic acids is 1. The van der Waals surface area contributed by atoms with Crippen LogP contribution in [0.2, 0.25) is 0 Å². The van der Waals surface area contributed by atoms with Gasteiger partial charge in [0.1, 0.15) is 0 Å². The molecule has 1 amide bonds. The molecule has 4 heteroatoms. The van der Waals surface area contributed by atoms with E-state index >= 15 is 0 Å². The van der Waals surface area contributed by atoms with E-state index in [2.05, 4.69) is 25.8 Å². The number of rotatable bonds is 4. The average molecular weight is 241 g/mol. The maximum atomic E-state index is 12.6. The van der Waals surface area contributed by atoms with Crippen LogP contribution in [0.25, 0.3) is 0 Å². The van der Waals surface area contributed by atoms with E-state index in [-0.39, 0.29) is 11.3 Å². The molecule has 4 nitrogen and oxygen atoms in total. The molecule has 0 radical (unpaired) electrons. The van der Waals surface area contributed by atoms with Gasteiger partial charge in [0, 0.05) is 26.2 Å². The van der Waals surface area contributed by atoms with Crippen LogP contribution in [0.15, 0.2) is 0 Å². The molecule has 0 bridgehead atoms. The standard InChI is InChI=1S/C13H27N3O/c1-4-13(5-2,11-14)12(17)16-8-6-7-15(3)9-10-16/h4-11,14H2,1-3H3. The van der Waals surface area contributed by atoms with Gasteiger partial charge < -0.3 is 15.5 Å². The lowest BCUT2D eigenvalue weighted by molar-refractivity contribution is -0.142. The fourth-order valence-electron chi connectivity index (χ4n) is 2.51. The highest BCUT2D eigenvalue weighted by molar-refractivity contribution is 5.83. The first kappa shape index (κ1) is 14.5. The summed E-state index contributed by atoms with van der Waals surface area (Å²) in [6, 6.07) is 0. The lowest BCUT2D eigenvalue weighted by Crippen LogP contribution is -2.48. The third kappa shape index (κ3) is 3.19. The quantitative estimate of drug-likeness (QED) is 0.796. The second-order valence-electron chi connectivity index (χ2n) is 5.14. The highest BCUT2D eigenvalue weighted by Gasteiger charge is 2.36. The topological polar surface area (TPSA) is 49.6 Å². The Kier molecular flexibility index (Phi) is 5.40. The Morgan fingerprint density at radius 1 is 1.18 bits per heavy atom. The molecule has 1 aliphatic heterocycles. The molecule has 17 heavy (non-hydrogen) atoms. The second kappa shape index (κ2) is 6.36. The molecule has 0 aromatic rings. The Morgan fingerprint density at radius 2 is 1.82 bits per heavy atom. The normalized spacial score (nSPS) is 19.2. The maximum absolute atomic E-state index is 12.6. The fraction of sp³-hybridized carbons (Fsp3) is 0.923. The van der Waals surface area contributed by atoms with Crippen molar-refractivity contribution >= 4 is 5.91 Å². The molecule has 2 N–H and O–H groups in total. The predicted octanol–water partition coefficient (Wildman–Crippen LogP) is 0.916. The van der Waals surface area contributed by atoms with Crippen molar-refractivity contribution in [3.63, 3.8) is 0 Å². The molecule has 0 aromatic carbocycles. The van der Waals surface area contributed by atoms with Crippen molar-refractivity contribution in [1.82, 2.24) is 9.80 Å². The minimum Gasteiger partial charge on any atom is -0.341 e. The van der Waals surface area contributed by atoms with Crippen LogP contribution in [0.4, 0.5) is 0 Å². The number of carbonyl (C=O) groups is 1. The van der Waals surface area contributed by atoms with Crippen molar-refractivity contribution in [1.29, 1.82) is 0 Å². The Balaban J connectivity index is 2.73. The van der Waals surface area contributed by atoms with E-state index in [1.165, 1.54) is 0 Å². The third-order valence-electron chi connectivity index (χ3n) is 4.20. The number of amides is 1. The van der Waals surface area contributed by atoms with Crippen LogP contribution in [0.3, 0.4) is 0 Å². The summed E-state index contributed by atoms with van der Waals surface area (Å²) in [4.78, 5) is 16.9. The average Bonchev–Trinajstić information content (AvgIpc) is 2.57. The lowest BCUT2D eigenvalue weighted by atomic mass is 9.81. The second-order valence-corrected chi connectivity index (χ2v) is 5.14. The van der Waals surface area contributed by atoms with Gasteiger partial charge in [0.25, 0.3) is 0 Å². The molecule has 1 aliphatic rings. The summed E-state index contributed by atoms with van der Waals surface area (Å²) >= 11 is 0. The van der Waals surface area contributed by atoms with E-state index in [1.807, 2.05) is 4.90 Å². The smallest absolute Gasteiger partial charge is 0.230 e. The minimum absolute atomic E-state index is 0.264. The van der Waals surface area contributed by atoms with Crippen molar-refractivity contribution in [2.24, 2.45) is 11.1 Å². The molecule has 0 aromatic heterocycles. The molecule has 1 saturated heterocycles. The molecular weight excluding hydrogens is 214 g/mol. The van der Waals surface area contributed by atoms with E-state index in [0.717, 1.165) is 45.4 Å². The van der Waals surface area contributed by atoms with Crippen LogP contribution in [0, 0.1) is 5.41 Å². The first-order valence-corrected chi connectivity index (χ1v) is 6.77. The molecule has 0 unspecified atom stereocenters. The number of hydrogen-bond acceptors (Lipinski definition) is 3.